The Kier molecular flexibility index (Phi) is 11.4. The number of aromatic nitrogens is 3. The quantitative estimate of drug-likeness (QED) is 0.249. The summed E-state index contributed by atoms with van der Waals surface area (Å²) in [5, 5.41) is 7.44. The van der Waals surface area contributed by atoms with Gasteiger partial charge in [0.2, 0.25) is 5.16 Å². The molecule has 0 saturated heterocycles. The first kappa shape index (κ1) is 25.2. The van der Waals surface area contributed by atoms with Crippen molar-refractivity contribution in [2.24, 2.45) is 0 Å². The molecule has 0 atom stereocenters. The Balaban J connectivity index is 2.41. The summed E-state index contributed by atoms with van der Waals surface area (Å²) in [6.45, 7) is 0.440. The molecule has 0 radical (unpaired) electrons. The molecule has 0 aliphatic heterocycles. The zero-order valence-corrected chi connectivity index (χ0v) is 20.0. The van der Waals surface area contributed by atoms with E-state index >= 15 is 0 Å². The average Bonchev–Trinajstić information content (AvgIpc) is 3.21. The number of thioether (sulfide) groups is 1. The van der Waals surface area contributed by atoms with E-state index in [0.717, 1.165) is 0 Å². The highest BCUT2D eigenvalue weighted by Gasteiger charge is 2.37. The number of rotatable bonds is 14. The normalized spacial score (nSPS) is 12.4. The fraction of sp³-hybridized carbons (Fsp3) is 0.786. The molecule has 0 unspecified atom stereocenters. The van der Waals surface area contributed by atoms with Gasteiger partial charge in [-0.05, 0) is 6.42 Å². The van der Waals surface area contributed by atoms with Gasteiger partial charge in [-0.15, -0.1) is 5.10 Å². The molecular weight excluding hydrogens is 424 g/mol. The van der Waals surface area contributed by atoms with Crippen LogP contribution in [0.15, 0.2) is 11.5 Å². The van der Waals surface area contributed by atoms with Gasteiger partial charge < -0.3 is 31.9 Å². The van der Waals surface area contributed by atoms with Crippen LogP contribution in [-0.4, -0.2) is 93.4 Å². The molecule has 1 aromatic rings. The molecule has 0 aliphatic carbocycles. The van der Waals surface area contributed by atoms with Gasteiger partial charge in [0.1, 0.15) is 6.33 Å². The van der Waals surface area contributed by atoms with Gasteiger partial charge in [-0.25, -0.2) is 9.78 Å². The lowest BCUT2D eigenvalue weighted by Crippen LogP contribution is -2.43. The van der Waals surface area contributed by atoms with Gasteiger partial charge in [0.15, 0.2) is 0 Å². The highest BCUT2D eigenvalue weighted by molar-refractivity contribution is 7.99. The minimum absolute atomic E-state index is 0.353. The molecule has 0 aromatic carbocycles. The number of hydrogen-bond donors (Lipinski definition) is 1. The van der Waals surface area contributed by atoms with Crippen molar-refractivity contribution >= 4 is 35.4 Å². The predicted molar refractivity (Wildman–Crippen MR) is 107 cm³/mol. The molecule has 28 heavy (non-hydrogen) atoms. The second-order valence-corrected chi connectivity index (χ2v) is 12.7. The second kappa shape index (κ2) is 12.7. The van der Waals surface area contributed by atoms with Crippen molar-refractivity contribution in [1.82, 2.24) is 20.1 Å². The Morgan fingerprint density at radius 3 is 2.07 bits per heavy atom. The van der Waals surface area contributed by atoms with Crippen LogP contribution in [0.3, 0.4) is 0 Å². The third-order valence-corrected chi connectivity index (χ3v) is 10.9. The number of amides is 1. The zero-order chi connectivity index (χ0) is 21.0. The summed E-state index contributed by atoms with van der Waals surface area (Å²) >= 11 is 1.40. The first-order valence-electron chi connectivity index (χ1n) is 8.57. The first-order chi connectivity index (χ1) is 13.4. The number of nitrogens with one attached hydrogen (secondary N) is 1. The van der Waals surface area contributed by atoms with Gasteiger partial charge in [0, 0.05) is 67.0 Å². The topological polar surface area (TPSA) is 115 Å². The van der Waals surface area contributed by atoms with Crippen LogP contribution < -0.4 is 5.32 Å². The van der Waals surface area contributed by atoms with Gasteiger partial charge in [-0.1, -0.05) is 11.8 Å². The fourth-order valence-corrected chi connectivity index (χ4v) is 7.07. The SMILES string of the molecule is CO[Si](CCCNC(=O)n1cnc(SCC[Si](OC)(OC)OC)n1)(OC)OC. The van der Waals surface area contributed by atoms with E-state index in [1.165, 1.54) is 22.8 Å². The van der Waals surface area contributed by atoms with Crippen LogP contribution in [0, 0.1) is 0 Å². The molecule has 1 N–H and O–H groups in total. The summed E-state index contributed by atoms with van der Waals surface area (Å²) in [7, 11) is 4.14. The minimum atomic E-state index is -2.62. The van der Waals surface area contributed by atoms with Crippen LogP contribution in [0.25, 0.3) is 0 Å². The maximum absolute atomic E-state index is 12.2. The van der Waals surface area contributed by atoms with E-state index in [4.69, 9.17) is 26.6 Å². The van der Waals surface area contributed by atoms with Crippen molar-refractivity contribution < 1.29 is 31.4 Å². The third-order valence-electron chi connectivity index (χ3n) is 4.12. The predicted octanol–water partition coefficient (Wildman–Crippen LogP) is 1.07. The van der Waals surface area contributed by atoms with Crippen molar-refractivity contribution in [3.05, 3.63) is 6.33 Å². The standard InChI is InChI=1S/C14H30N4O7SSi2/c1-20-27(21-2,22-3)10-7-8-15-14(19)18-12-16-13(17-18)26-9-11-28(23-4,24-5)25-6/h12H,7-11H2,1-6H3,(H,15,19). The molecule has 0 saturated carbocycles. The van der Waals surface area contributed by atoms with Crippen LogP contribution in [0.4, 0.5) is 4.79 Å². The van der Waals surface area contributed by atoms with Crippen LogP contribution in [-0.2, 0) is 26.6 Å². The Labute approximate surface area is 172 Å². The summed E-state index contributed by atoms with van der Waals surface area (Å²) < 4.78 is 33.3. The minimum Gasteiger partial charge on any atom is -0.377 e. The lowest BCUT2D eigenvalue weighted by atomic mass is 10.5. The molecule has 1 aromatic heterocycles. The molecule has 0 bridgehead atoms. The van der Waals surface area contributed by atoms with E-state index in [1.807, 2.05) is 0 Å². The molecule has 14 heteroatoms. The summed E-state index contributed by atoms with van der Waals surface area (Å²) in [6, 6.07) is 0.846. The van der Waals surface area contributed by atoms with E-state index in [-0.39, 0.29) is 6.03 Å². The van der Waals surface area contributed by atoms with Crippen molar-refractivity contribution in [2.45, 2.75) is 23.7 Å². The lowest BCUT2D eigenvalue weighted by Gasteiger charge is -2.24. The third kappa shape index (κ3) is 7.20. The molecule has 1 amide bonds. The molecule has 1 heterocycles. The zero-order valence-electron chi connectivity index (χ0n) is 17.2. The molecule has 1 rings (SSSR count). The highest BCUT2D eigenvalue weighted by Crippen LogP contribution is 2.20. The monoisotopic (exact) mass is 454 g/mol. The van der Waals surface area contributed by atoms with Crippen LogP contribution in [0.1, 0.15) is 6.42 Å². The van der Waals surface area contributed by atoms with Crippen molar-refractivity contribution in [3.63, 3.8) is 0 Å². The number of carbonyl (C=O) groups is 1. The summed E-state index contributed by atoms with van der Waals surface area (Å²) in [5.74, 6) is 0.644. The molecular formula is C14H30N4O7SSi2. The van der Waals surface area contributed by atoms with Crippen LogP contribution in [0.2, 0.25) is 12.1 Å². The Morgan fingerprint density at radius 2 is 1.54 bits per heavy atom. The van der Waals surface area contributed by atoms with Crippen molar-refractivity contribution in [3.8, 4) is 0 Å². The van der Waals surface area contributed by atoms with E-state index in [1.54, 1.807) is 42.7 Å². The molecule has 0 aliphatic rings. The number of carbonyl (C=O) groups excluding carboxylic acids is 1. The van der Waals surface area contributed by atoms with Gasteiger partial charge in [0.05, 0.1) is 0 Å². The number of nitrogens with zero attached hydrogens (tertiary/aromatic N) is 3. The van der Waals surface area contributed by atoms with Crippen LogP contribution in [0.5, 0.6) is 0 Å². The molecule has 162 valence electrons. The van der Waals surface area contributed by atoms with Gasteiger partial charge >= 0.3 is 23.6 Å². The maximum Gasteiger partial charge on any atom is 0.500 e. The van der Waals surface area contributed by atoms with Crippen molar-refractivity contribution in [1.29, 1.82) is 0 Å². The second-order valence-electron chi connectivity index (χ2n) is 5.50. The van der Waals surface area contributed by atoms with Gasteiger partial charge in [-0.2, -0.15) is 4.68 Å². The highest BCUT2D eigenvalue weighted by atomic mass is 32.2. The van der Waals surface area contributed by atoms with Gasteiger partial charge in [-0.3, -0.25) is 0 Å². The smallest absolute Gasteiger partial charge is 0.377 e. The van der Waals surface area contributed by atoms with E-state index in [9.17, 15) is 4.79 Å². The lowest BCUT2D eigenvalue weighted by molar-refractivity contribution is 0.123. The average molecular weight is 455 g/mol. The molecule has 11 nitrogen and oxygen atoms in total. The van der Waals surface area contributed by atoms with E-state index in [0.29, 0.717) is 36.0 Å². The maximum atomic E-state index is 12.2. The number of hydrogen-bond acceptors (Lipinski definition) is 10. The Morgan fingerprint density at radius 1 is 1.00 bits per heavy atom. The van der Waals surface area contributed by atoms with Gasteiger partial charge in [0.25, 0.3) is 0 Å². The Hall–Kier alpha value is -0.846. The van der Waals surface area contributed by atoms with E-state index in [2.05, 4.69) is 15.4 Å². The summed E-state index contributed by atoms with van der Waals surface area (Å²) in [6.07, 6.45) is 2.03. The summed E-state index contributed by atoms with van der Waals surface area (Å²) in [4.78, 5) is 16.3. The largest absolute Gasteiger partial charge is 0.500 e. The van der Waals surface area contributed by atoms with E-state index < -0.39 is 17.6 Å². The Bertz CT molecular complexity index is 571. The fourth-order valence-electron chi connectivity index (χ4n) is 2.37. The molecule has 0 fully saturated rings. The summed E-state index contributed by atoms with van der Waals surface area (Å²) in [5.41, 5.74) is 0. The first-order valence-corrected chi connectivity index (χ1v) is 13.4. The van der Waals surface area contributed by atoms with Crippen molar-refractivity contribution in [2.75, 3.05) is 55.0 Å². The molecule has 0 spiro atoms. The van der Waals surface area contributed by atoms with Crippen LogP contribution >= 0.6 is 11.8 Å².